The Labute approximate surface area is 216 Å². The summed E-state index contributed by atoms with van der Waals surface area (Å²) in [6, 6.07) is 23.1. The first-order valence-electron chi connectivity index (χ1n) is 12.5. The number of anilines is 1. The van der Waals surface area contributed by atoms with Gasteiger partial charge in [0.25, 0.3) is 5.89 Å². The minimum atomic E-state index is -0.441. The number of hydrogen-bond acceptors (Lipinski definition) is 5. The predicted molar refractivity (Wildman–Crippen MR) is 144 cm³/mol. The zero-order valence-corrected chi connectivity index (χ0v) is 21.5. The molecule has 0 bridgehead atoms. The SMILES string of the molecule is CCc1ccc(-c2noc(C3=C(C)N(c4ccc(OC)cc4)C(=O)NC3c3ccc(CC)cc3)n2)cc1. The van der Waals surface area contributed by atoms with E-state index >= 15 is 0 Å². The number of methoxy groups -OCH3 is 1. The van der Waals surface area contributed by atoms with Gasteiger partial charge < -0.3 is 14.6 Å². The summed E-state index contributed by atoms with van der Waals surface area (Å²) in [5.74, 6) is 1.59. The van der Waals surface area contributed by atoms with Crippen LogP contribution in [0.2, 0.25) is 0 Å². The van der Waals surface area contributed by atoms with Crippen molar-refractivity contribution in [3.05, 3.63) is 101 Å². The van der Waals surface area contributed by atoms with E-state index in [1.54, 1.807) is 12.0 Å². The van der Waals surface area contributed by atoms with Crippen LogP contribution in [0.1, 0.15) is 49.4 Å². The Morgan fingerprint density at radius 1 is 0.919 bits per heavy atom. The topological polar surface area (TPSA) is 80.5 Å². The lowest BCUT2D eigenvalue weighted by molar-refractivity contribution is 0.244. The largest absolute Gasteiger partial charge is 0.497 e. The highest BCUT2D eigenvalue weighted by molar-refractivity contribution is 6.01. The van der Waals surface area contributed by atoms with Gasteiger partial charge in [-0.15, -0.1) is 0 Å². The van der Waals surface area contributed by atoms with Gasteiger partial charge in [0.05, 0.1) is 24.4 Å². The van der Waals surface area contributed by atoms with Crippen molar-refractivity contribution in [2.45, 2.75) is 39.7 Å². The maximum absolute atomic E-state index is 13.4. The molecule has 1 N–H and O–H groups in total. The van der Waals surface area contributed by atoms with Crippen molar-refractivity contribution in [2.75, 3.05) is 12.0 Å². The second kappa shape index (κ2) is 10.3. The lowest BCUT2D eigenvalue weighted by Crippen LogP contribution is -2.46. The summed E-state index contributed by atoms with van der Waals surface area (Å²) < 4.78 is 11.1. The number of carbonyl (C=O) groups is 1. The molecule has 1 aromatic heterocycles. The van der Waals surface area contributed by atoms with Gasteiger partial charge in [0.1, 0.15) is 5.75 Å². The van der Waals surface area contributed by atoms with E-state index in [2.05, 4.69) is 48.6 Å². The molecule has 0 spiro atoms. The van der Waals surface area contributed by atoms with E-state index in [0.717, 1.165) is 35.2 Å². The Hall–Kier alpha value is -4.39. The standard InChI is InChI=1S/C30H30N4O3/c1-5-20-7-11-22(12-8-20)27-26(29-32-28(33-37-29)23-13-9-21(6-2)10-14-23)19(3)34(30(35)31-27)24-15-17-25(36-4)18-16-24/h7-18,27H,5-6H2,1-4H3,(H,31,35). The van der Waals surface area contributed by atoms with Crippen LogP contribution in [0.3, 0.4) is 0 Å². The van der Waals surface area contributed by atoms with Crippen LogP contribution in [-0.4, -0.2) is 23.3 Å². The first-order valence-corrected chi connectivity index (χ1v) is 12.5. The maximum Gasteiger partial charge on any atom is 0.326 e. The Morgan fingerprint density at radius 3 is 2.14 bits per heavy atom. The van der Waals surface area contributed by atoms with E-state index in [0.29, 0.717) is 23.2 Å². The van der Waals surface area contributed by atoms with Gasteiger partial charge in [0.15, 0.2) is 0 Å². The molecule has 0 saturated heterocycles. The van der Waals surface area contributed by atoms with Gasteiger partial charge >= 0.3 is 6.03 Å². The van der Waals surface area contributed by atoms with Crippen molar-refractivity contribution in [3.8, 4) is 17.1 Å². The Kier molecular flexibility index (Phi) is 6.77. The van der Waals surface area contributed by atoms with Crippen molar-refractivity contribution in [1.29, 1.82) is 0 Å². The molecule has 0 fully saturated rings. The van der Waals surface area contributed by atoms with Gasteiger partial charge in [-0.3, -0.25) is 4.90 Å². The average molecular weight is 495 g/mol. The van der Waals surface area contributed by atoms with Crippen molar-refractivity contribution in [3.63, 3.8) is 0 Å². The molecule has 7 heteroatoms. The summed E-state index contributed by atoms with van der Waals surface area (Å²) in [6.45, 7) is 6.15. The Balaban J connectivity index is 1.61. The van der Waals surface area contributed by atoms with Gasteiger partial charge in [-0.1, -0.05) is 67.5 Å². The number of rotatable bonds is 7. The zero-order chi connectivity index (χ0) is 25.9. The second-order valence-corrected chi connectivity index (χ2v) is 8.98. The van der Waals surface area contributed by atoms with Gasteiger partial charge in [-0.25, -0.2) is 4.79 Å². The van der Waals surface area contributed by atoms with E-state index in [1.165, 1.54) is 11.1 Å². The summed E-state index contributed by atoms with van der Waals surface area (Å²) in [5.41, 5.74) is 6.47. The van der Waals surface area contributed by atoms with Crippen LogP contribution in [0.4, 0.5) is 10.5 Å². The highest BCUT2D eigenvalue weighted by Gasteiger charge is 2.36. The molecule has 5 rings (SSSR count). The van der Waals surface area contributed by atoms with Gasteiger partial charge in [-0.2, -0.15) is 4.98 Å². The molecule has 37 heavy (non-hydrogen) atoms. The number of allylic oxidation sites excluding steroid dienone is 1. The van der Waals surface area contributed by atoms with Crippen LogP contribution in [0, 0.1) is 0 Å². The van der Waals surface area contributed by atoms with Gasteiger partial charge in [-0.05, 0) is 60.7 Å². The van der Waals surface area contributed by atoms with Crippen LogP contribution in [0.5, 0.6) is 5.75 Å². The zero-order valence-electron chi connectivity index (χ0n) is 21.5. The fourth-order valence-corrected chi connectivity index (χ4v) is 4.60. The summed E-state index contributed by atoms with van der Waals surface area (Å²) >= 11 is 0. The van der Waals surface area contributed by atoms with Crippen LogP contribution in [-0.2, 0) is 12.8 Å². The van der Waals surface area contributed by atoms with Crippen molar-refractivity contribution >= 4 is 17.3 Å². The fraction of sp³-hybridized carbons (Fsp3) is 0.233. The van der Waals surface area contributed by atoms with Crippen LogP contribution < -0.4 is 15.0 Å². The highest BCUT2D eigenvalue weighted by atomic mass is 16.5. The third-order valence-corrected chi connectivity index (χ3v) is 6.81. The molecule has 2 heterocycles. The van der Waals surface area contributed by atoms with E-state index in [-0.39, 0.29) is 6.03 Å². The fourth-order valence-electron chi connectivity index (χ4n) is 4.60. The molecular weight excluding hydrogens is 464 g/mol. The minimum absolute atomic E-state index is 0.231. The molecule has 0 aliphatic carbocycles. The Morgan fingerprint density at radius 2 is 1.54 bits per heavy atom. The lowest BCUT2D eigenvalue weighted by Gasteiger charge is -2.35. The molecule has 1 unspecified atom stereocenters. The predicted octanol–water partition coefficient (Wildman–Crippen LogP) is 6.57. The molecule has 7 nitrogen and oxygen atoms in total. The van der Waals surface area contributed by atoms with Crippen molar-refractivity contribution in [1.82, 2.24) is 15.5 Å². The quantitative estimate of drug-likeness (QED) is 0.314. The van der Waals surface area contributed by atoms with Gasteiger partial charge in [0, 0.05) is 11.3 Å². The summed E-state index contributed by atoms with van der Waals surface area (Å²) in [4.78, 5) is 19.8. The van der Waals surface area contributed by atoms with E-state index in [1.807, 2.05) is 55.5 Å². The number of hydrogen-bond donors (Lipinski definition) is 1. The number of nitrogens with zero attached hydrogens (tertiary/aromatic N) is 3. The number of carbonyl (C=O) groups excluding carboxylic acids is 1. The number of urea groups is 1. The normalized spacial score (nSPS) is 15.6. The molecule has 1 aliphatic heterocycles. The monoisotopic (exact) mass is 494 g/mol. The van der Waals surface area contributed by atoms with Crippen LogP contribution in [0.25, 0.3) is 17.0 Å². The lowest BCUT2D eigenvalue weighted by atomic mass is 9.93. The molecule has 188 valence electrons. The minimum Gasteiger partial charge on any atom is -0.497 e. The molecule has 2 amide bonds. The summed E-state index contributed by atoms with van der Waals surface area (Å²) in [7, 11) is 1.61. The second-order valence-electron chi connectivity index (χ2n) is 8.98. The van der Waals surface area contributed by atoms with Crippen molar-refractivity contribution < 1.29 is 14.1 Å². The molecule has 3 aromatic carbocycles. The van der Waals surface area contributed by atoms with E-state index < -0.39 is 6.04 Å². The molecule has 4 aromatic rings. The van der Waals surface area contributed by atoms with E-state index in [4.69, 9.17) is 14.2 Å². The molecule has 0 radical (unpaired) electrons. The Bertz CT molecular complexity index is 1420. The number of aryl methyl sites for hydroxylation is 2. The third kappa shape index (κ3) is 4.72. The number of nitrogens with one attached hydrogen (secondary N) is 1. The van der Waals surface area contributed by atoms with E-state index in [9.17, 15) is 4.79 Å². The third-order valence-electron chi connectivity index (χ3n) is 6.81. The van der Waals surface area contributed by atoms with Crippen LogP contribution >= 0.6 is 0 Å². The number of amides is 2. The molecule has 0 saturated carbocycles. The number of ether oxygens (including phenoxy) is 1. The molecule has 1 atom stereocenters. The maximum atomic E-state index is 13.4. The first kappa shape index (κ1) is 24.3. The summed E-state index contributed by atoms with van der Waals surface area (Å²) in [6.07, 6.45) is 1.90. The van der Waals surface area contributed by atoms with Crippen molar-refractivity contribution in [2.24, 2.45) is 0 Å². The first-order chi connectivity index (χ1) is 18.0. The van der Waals surface area contributed by atoms with Crippen LogP contribution in [0.15, 0.2) is 83.0 Å². The molecule has 1 aliphatic rings. The molecular formula is C30H30N4O3. The van der Waals surface area contributed by atoms with Gasteiger partial charge in [0.2, 0.25) is 5.82 Å². The average Bonchev–Trinajstić information content (AvgIpc) is 3.43. The highest BCUT2D eigenvalue weighted by Crippen LogP contribution is 2.39. The number of aromatic nitrogens is 2. The smallest absolute Gasteiger partial charge is 0.326 e. The summed E-state index contributed by atoms with van der Waals surface area (Å²) in [5, 5.41) is 7.44. The number of benzene rings is 3.